The summed E-state index contributed by atoms with van der Waals surface area (Å²) >= 11 is 0. The Morgan fingerprint density at radius 3 is 2.60 bits per heavy atom. The maximum absolute atomic E-state index is 12.1. The molecule has 0 amide bonds. The van der Waals surface area contributed by atoms with Crippen LogP contribution in [-0.2, 0) is 9.84 Å². The summed E-state index contributed by atoms with van der Waals surface area (Å²) in [7, 11) is -2.81. The van der Waals surface area contributed by atoms with Gasteiger partial charge in [-0.3, -0.25) is 4.90 Å². The van der Waals surface area contributed by atoms with Crippen molar-refractivity contribution in [3.05, 3.63) is 0 Å². The Bertz CT molecular complexity index is 443. The van der Waals surface area contributed by atoms with E-state index in [1.165, 1.54) is 32.1 Å². The molecule has 2 heterocycles. The summed E-state index contributed by atoms with van der Waals surface area (Å²) in [5.74, 6) is 0.406. The average Bonchev–Trinajstić information content (AvgIpc) is 2.75. The van der Waals surface area contributed by atoms with Gasteiger partial charge in [0, 0.05) is 31.2 Å². The van der Waals surface area contributed by atoms with Gasteiger partial charge in [-0.25, -0.2) is 8.42 Å². The van der Waals surface area contributed by atoms with Gasteiger partial charge in [0.2, 0.25) is 0 Å². The van der Waals surface area contributed by atoms with Gasteiger partial charge in [0.05, 0.1) is 11.0 Å². The van der Waals surface area contributed by atoms with E-state index in [9.17, 15) is 8.42 Å². The Kier molecular flexibility index (Phi) is 4.13. The molecule has 1 N–H and O–H groups in total. The molecule has 3 fully saturated rings. The molecular weight excluding hydrogens is 272 g/mol. The molecule has 116 valence electrons. The molecule has 1 spiro atoms. The number of sulfone groups is 1. The third-order valence-electron chi connectivity index (χ3n) is 5.61. The first-order valence-electron chi connectivity index (χ1n) is 8.21. The van der Waals surface area contributed by atoms with Gasteiger partial charge >= 0.3 is 0 Å². The molecule has 2 aliphatic heterocycles. The predicted octanol–water partition coefficient (Wildman–Crippen LogP) is 1.56. The molecule has 2 unspecified atom stereocenters. The van der Waals surface area contributed by atoms with E-state index in [4.69, 9.17) is 0 Å². The molecule has 3 aliphatic rings. The number of hydrogen-bond acceptors (Lipinski definition) is 4. The van der Waals surface area contributed by atoms with Crippen LogP contribution >= 0.6 is 0 Å². The highest BCUT2D eigenvalue weighted by atomic mass is 32.2. The second-order valence-corrected chi connectivity index (χ2v) is 9.53. The normalized spacial score (nSPS) is 37.2. The molecule has 3 rings (SSSR count). The lowest BCUT2D eigenvalue weighted by molar-refractivity contribution is 0.0627. The molecule has 1 aliphatic carbocycles. The zero-order valence-corrected chi connectivity index (χ0v) is 13.4. The molecule has 1 saturated carbocycles. The van der Waals surface area contributed by atoms with Crippen LogP contribution in [0.1, 0.15) is 51.9 Å². The molecule has 2 saturated heterocycles. The van der Waals surface area contributed by atoms with E-state index in [2.05, 4.69) is 17.1 Å². The SMILES string of the molecule is CC1CNC2(CCCCC2)CN1CC1CCCS1(=O)=O. The smallest absolute Gasteiger partial charge is 0.154 e. The second kappa shape index (κ2) is 5.58. The van der Waals surface area contributed by atoms with Gasteiger partial charge in [0.25, 0.3) is 0 Å². The molecule has 0 radical (unpaired) electrons. The minimum absolute atomic E-state index is 0.108. The van der Waals surface area contributed by atoms with Crippen molar-refractivity contribution in [1.82, 2.24) is 10.2 Å². The molecule has 20 heavy (non-hydrogen) atoms. The van der Waals surface area contributed by atoms with Crippen molar-refractivity contribution >= 4 is 9.84 Å². The van der Waals surface area contributed by atoms with Gasteiger partial charge in [-0.1, -0.05) is 19.3 Å². The van der Waals surface area contributed by atoms with Crippen LogP contribution in [0, 0.1) is 0 Å². The first-order valence-corrected chi connectivity index (χ1v) is 9.93. The highest BCUT2D eigenvalue weighted by Crippen LogP contribution is 2.32. The Morgan fingerprint density at radius 2 is 1.95 bits per heavy atom. The van der Waals surface area contributed by atoms with Crippen LogP contribution in [0.4, 0.5) is 0 Å². The molecule has 5 heteroatoms. The van der Waals surface area contributed by atoms with Crippen molar-refractivity contribution in [2.75, 3.05) is 25.4 Å². The highest BCUT2D eigenvalue weighted by Gasteiger charge is 2.41. The summed E-state index contributed by atoms with van der Waals surface area (Å²) in [5, 5.41) is 3.66. The average molecular weight is 300 g/mol. The van der Waals surface area contributed by atoms with E-state index in [0.717, 1.165) is 32.5 Å². The van der Waals surface area contributed by atoms with Gasteiger partial charge < -0.3 is 5.32 Å². The summed E-state index contributed by atoms with van der Waals surface area (Å²) in [4.78, 5) is 2.45. The third-order valence-corrected chi connectivity index (χ3v) is 7.87. The van der Waals surface area contributed by atoms with Crippen molar-refractivity contribution in [3.63, 3.8) is 0 Å². The van der Waals surface area contributed by atoms with Crippen molar-refractivity contribution in [3.8, 4) is 0 Å². The van der Waals surface area contributed by atoms with Crippen LogP contribution in [0.3, 0.4) is 0 Å². The standard InChI is InChI=1S/C15H28N2O2S/c1-13-10-16-15(7-3-2-4-8-15)12-17(13)11-14-6-5-9-20(14,18)19/h13-14,16H,2-12H2,1H3. The molecule has 0 aromatic heterocycles. The lowest BCUT2D eigenvalue weighted by Crippen LogP contribution is -2.65. The Morgan fingerprint density at radius 1 is 1.20 bits per heavy atom. The van der Waals surface area contributed by atoms with E-state index in [1.807, 2.05) is 0 Å². The summed E-state index contributed by atoms with van der Waals surface area (Å²) in [6, 6.07) is 0.457. The van der Waals surface area contributed by atoms with Gasteiger partial charge in [-0.05, 0) is 32.6 Å². The fourth-order valence-corrected chi connectivity index (χ4v) is 6.07. The molecule has 0 bridgehead atoms. The third kappa shape index (κ3) is 2.90. The molecule has 2 atom stereocenters. The van der Waals surface area contributed by atoms with Crippen LogP contribution in [0.25, 0.3) is 0 Å². The van der Waals surface area contributed by atoms with Crippen molar-refractivity contribution in [1.29, 1.82) is 0 Å². The lowest BCUT2D eigenvalue weighted by atomic mass is 9.79. The Labute approximate surface area is 123 Å². The summed E-state index contributed by atoms with van der Waals surface area (Å²) in [6.45, 7) is 5.03. The van der Waals surface area contributed by atoms with E-state index in [1.54, 1.807) is 0 Å². The zero-order valence-electron chi connectivity index (χ0n) is 12.6. The van der Waals surface area contributed by atoms with Crippen molar-refractivity contribution < 1.29 is 8.42 Å². The number of hydrogen-bond donors (Lipinski definition) is 1. The van der Waals surface area contributed by atoms with E-state index < -0.39 is 9.84 Å². The molecule has 0 aromatic carbocycles. The van der Waals surface area contributed by atoms with Crippen molar-refractivity contribution in [2.24, 2.45) is 0 Å². The van der Waals surface area contributed by atoms with Crippen LogP contribution < -0.4 is 5.32 Å². The van der Waals surface area contributed by atoms with E-state index >= 15 is 0 Å². The number of nitrogens with one attached hydrogen (secondary N) is 1. The number of nitrogens with zero attached hydrogens (tertiary/aromatic N) is 1. The maximum atomic E-state index is 12.1. The van der Waals surface area contributed by atoms with Crippen molar-refractivity contribution in [2.45, 2.75) is 68.7 Å². The van der Waals surface area contributed by atoms with Gasteiger partial charge in [-0.15, -0.1) is 0 Å². The Hall–Kier alpha value is -0.130. The van der Waals surface area contributed by atoms with Gasteiger partial charge in [-0.2, -0.15) is 0 Å². The summed E-state index contributed by atoms with van der Waals surface area (Å²) < 4.78 is 24.1. The Balaban J connectivity index is 1.68. The van der Waals surface area contributed by atoms with Gasteiger partial charge in [0.1, 0.15) is 0 Å². The maximum Gasteiger partial charge on any atom is 0.154 e. The lowest BCUT2D eigenvalue weighted by Gasteiger charge is -2.49. The highest BCUT2D eigenvalue weighted by molar-refractivity contribution is 7.92. The van der Waals surface area contributed by atoms with Crippen LogP contribution in [0.5, 0.6) is 0 Å². The monoisotopic (exact) mass is 300 g/mol. The second-order valence-electron chi connectivity index (χ2n) is 7.13. The largest absolute Gasteiger partial charge is 0.308 e. The number of piperazine rings is 1. The minimum atomic E-state index is -2.81. The van der Waals surface area contributed by atoms with Crippen LogP contribution in [-0.4, -0.2) is 55.5 Å². The van der Waals surface area contributed by atoms with E-state index in [-0.39, 0.29) is 10.8 Å². The fourth-order valence-electron chi connectivity index (χ4n) is 4.23. The fraction of sp³-hybridized carbons (Fsp3) is 1.00. The summed E-state index contributed by atoms with van der Waals surface area (Å²) in [5.41, 5.74) is 0.271. The van der Waals surface area contributed by atoms with E-state index in [0.29, 0.717) is 11.8 Å². The number of rotatable bonds is 2. The molecule has 4 nitrogen and oxygen atoms in total. The summed E-state index contributed by atoms with van der Waals surface area (Å²) in [6.07, 6.45) is 8.23. The predicted molar refractivity (Wildman–Crippen MR) is 81.7 cm³/mol. The van der Waals surface area contributed by atoms with Crippen LogP contribution in [0.2, 0.25) is 0 Å². The van der Waals surface area contributed by atoms with Crippen LogP contribution in [0.15, 0.2) is 0 Å². The quantitative estimate of drug-likeness (QED) is 0.841. The van der Waals surface area contributed by atoms with Gasteiger partial charge in [0.15, 0.2) is 9.84 Å². The zero-order chi connectivity index (χ0) is 14.2. The first-order chi connectivity index (χ1) is 9.51. The minimum Gasteiger partial charge on any atom is -0.308 e. The molecule has 0 aromatic rings. The topological polar surface area (TPSA) is 49.4 Å². The first kappa shape index (κ1) is 14.8. The molecular formula is C15H28N2O2S.